The Bertz CT molecular complexity index is 1150. The van der Waals surface area contributed by atoms with Crippen molar-refractivity contribution < 1.29 is 9.53 Å². The maximum Gasteiger partial charge on any atom is 0.316 e. The molecular formula is C27H36N6O2. The van der Waals surface area contributed by atoms with Gasteiger partial charge in [0.25, 0.3) is 0 Å². The summed E-state index contributed by atoms with van der Waals surface area (Å²) >= 11 is 0. The average molecular weight is 477 g/mol. The SMILES string of the molecule is COc1ccccc1N1CCN(CC2CCC(Cc3nn4ccccc4c3NC(N)=O)CC2)CC1. The highest BCUT2D eigenvalue weighted by atomic mass is 16.5. The number of methoxy groups -OCH3 is 1. The van der Waals surface area contributed by atoms with Crippen molar-refractivity contribution in [3.8, 4) is 5.75 Å². The van der Waals surface area contributed by atoms with Gasteiger partial charge in [-0.2, -0.15) is 5.10 Å². The van der Waals surface area contributed by atoms with Crippen LogP contribution in [0.2, 0.25) is 0 Å². The number of amides is 2. The summed E-state index contributed by atoms with van der Waals surface area (Å²) in [6, 6.07) is 13.6. The van der Waals surface area contributed by atoms with Crippen LogP contribution in [0.4, 0.5) is 16.2 Å². The summed E-state index contributed by atoms with van der Waals surface area (Å²) in [7, 11) is 1.75. The maximum absolute atomic E-state index is 11.6. The molecule has 1 aromatic carbocycles. The van der Waals surface area contributed by atoms with Gasteiger partial charge in [0.15, 0.2) is 0 Å². The number of benzene rings is 1. The van der Waals surface area contributed by atoms with E-state index >= 15 is 0 Å². The highest BCUT2D eigenvalue weighted by molar-refractivity contribution is 5.94. The summed E-state index contributed by atoms with van der Waals surface area (Å²) in [5.74, 6) is 2.30. The fourth-order valence-corrected chi connectivity index (χ4v) is 5.77. The minimum Gasteiger partial charge on any atom is -0.495 e. The minimum atomic E-state index is -0.542. The number of fused-ring (bicyclic) bond motifs is 1. The van der Waals surface area contributed by atoms with Crippen molar-refractivity contribution >= 4 is 22.9 Å². The van der Waals surface area contributed by atoms with Gasteiger partial charge in [-0.3, -0.25) is 4.90 Å². The molecule has 1 saturated carbocycles. The Hall–Kier alpha value is -3.26. The summed E-state index contributed by atoms with van der Waals surface area (Å²) in [6.45, 7) is 5.47. The van der Waals surface area contributed by atoms with E-state index in [-0.39, 0.29) is 0 Å². The number of carbonyl (C=O) groups is 1. The molecule has 1 aliphatic heterocycles. The van der Waals surface area contributed by atoms with Crippen LogP contribution in [0.5, 0.6) is 5.75 Å². The van der Waals surface area contributed by atoms with E-state index in [0.29, 0.717) is 5.92 Å². The molecule has 3 aromatic rings. The largest absolute Gasteiger partial charge is 0.495 e. The number of aromatic nitrogens is 2. The molecule has 3 N–H and O–H groups in total. The number of rotatable bonds is 7. The third-order valence-corrected chi connectivity index (χ3v) is 7.62. The van der Waals surface area contributed by atoms with Crippen LogP contribution in [0.15, 0.2) is 48.7 Å². The number of primary amides is 1. The lowest BCUT2D eigenvalue weighted by Gasteiger charge is -2.39. The van der Waals surface area contributed by atoms with E-state index in [0.717, 1.165) is 61.2 Å². The number of ether oxygens (including phenoxy) is 1. The third-order valence-electron chi connectivity index (χ3n) is 7.62. The van der Waals surface area contributed by atoms with E-state index in [1.54, 1.807) is 7.11 Å². The van der Waals surface area contributed by atoms with Gasteiger partial charge in [0.2, 0.25) is 0 Å². The predicted molar refractivity (Wildman–Crippen MR) is 139 cm³/mol. The van der Waals surface area contributed by atoms with Gasteiger partial charge >= 0.3 is 6.03 Å². The lowest BCUT2D eigenvalue weighted by atomic mass is 9.79. The Labute approximate surface area is 207 Å². The van der Waals surface area contributed by atoms with Crippen molar-refractivity contribution in [2.45, 2.75) is 32.1 Å². The van der Waals surface area contributed by atoms with E-state index < -0.39 is 6.03 Å². The molecule has 0 unspecified atom stereocenters. The Morgan fingerprint density at radius 3 is 2.49 bits per heavy atom. The Kier molecular flexibility index (Phi) is 7.08. The molecule has 1 saturated heterocycles. The molecule has 0 atom stereocenters. The molecule has 0 bridgehead atoms. The highest BCUT2D eigenvalue weighted by Gasteiger charge is 2.27. The number of nitrogens with zero attached hydrogens (tertiary/aromatic N) is 4. The molecule has 3 heterocycles. The monoisotopic (exact) mass is 476 g/mol. The van der Waals surface area contributed by atoms with Crippen LogP contribution in [0.1, 0.15) is 31.4 Å². The topological polar surface area (TPSA) is 88.1 Å². The van der Waals surface area contributed by atoms with Crippen molar-refractivity contribution in [3.63, 3.8) is 0 Å². The van der Waals surface area contributed by atoms with Gasteiger partial charge in [-0.05, 0) is 68.2 Å². The van der Waals surface area contributed by atoms with E-state index in [4.69, 9.17) is 15.6 Å². The van der Waals surface area contributed by atoms with Gasteiger partial charge in [0.05, 0.1) is 29.7 Å². The van der Waals surface area contributed by atoms with Crippen molar-refractivity contribution in [2.75, 3.05) is 50.1 Å². The van der Waals surface area contributed by atoms with E-state index in [1.807, 2.05) is 41.0 Å². The Balaban J connectivity index is 1.12. The highest BCUT2D eigenvalue weighted by Crippen LogP contribution is 2.34. The number of hydrogen-bond acceptors (Lipinski definition) is 5. The zero-order valence-electron chi connectivity index (χ0n) is 20.5. The van der Waals surface area contributed by atoms with Gasteiger partial charge in [-0.15, -0.1) is 0 Å². The number of urea groups is 1. The summed E-state index contributed by atoms with van der Waals surface area (Å²) in [5.41, 5.74) is 9.22. The zero-order chi connectivity index (χ0) is 24.2. The van der Waals surface area contributed by atoms with Crippen molar-refractivity contribution in [2.24, 2.45) is 17.6 Å². The first-order valence-corrected chi connectivity index (χ1v) is 12.7. The lowest BCUT2D eigenvalue weighted by molar-refractivity contribution is 0.173. The van der Waals surface area contributed by atoms with Gasteiger partial charge in [-0.25, -0.2) is 9.31 Å². The number of pyridine rings is 1. The number of hydrogen-bond donors (Lipinski definition) is 2. The first-order valence-electron chi connectivity index (χ1n) is 12.7. The van der Waals surface area contributed by atoms with Crippen LogP contribution in [0.25, 0.3) is 5.52 Å². The van der Waals surface area contributed by atoms with Crippen molar-refractivity contribution in [3.05, 3.63) is 54.4 Å². The molecule has 0 spiro atoms. The summed E-state index contributed by atoms with van der Waals surface area (Å²) in [5, 5.41) is 7.55. The quantitative estimate of drug-likeness (QED) is 0.538. The molecule has 0 radical (unpaired) electrons. The molecular weight excluding hydrogens is 440 g/mol. The number of nitrogens with two attached hydrogens (primary N) is 1. The minimum absolute atomic E-state index is 0.542. The summed E-state index contributed by atoms with van der Waals surface area (Å²) in [4.78, 5) is 16.7. The van der Waals surface area contributed by atoms with Crippen LogP contribution >= 0.6 is 0 Å². The molecule has 186 valence electrons. The molecule has 2 aliphatic rings. The molecule has 5 rings (SSSR count). The van der Waals surface area contributed by atoms with Gasteiger partial charge in [0.1, 0.15) is 5.75 Å². The van der Waals surface area contributed by atoms with Crippen molar-refractivity contribution in [1.29, 1.82) is 0 Å². The number of anilines is 2. The van der Waals surface area contributed by atoms with Crippen LogP contribution in [0, 0.1) is 11.8 Å². The fraction of sp³-hybridized carbons (Fsp3) is 0.481. The number of nitrogens with one attached hydrogen (secondary N) is 1. The molecule has 1 aliphatic carbocycles. The smallest absolute Gasteiger partial charge is 0.316 e. The first-order chi connectivity index (χ1) is 17.1. The summed E-state index contributed by atoms with van der Waals surface area (Å²) < 4.78 is 7.39. The summed E-state index contributed by atoms with van der Waals surface area (Å²) in [6.07, 6.45) is 7.70. The second-order valence-corrected chi connectivity index (χ2v) is 9.89. The zero-order valence-corrected chi connectivity index (χ0v) is 20.5. The molecule has 2 aromatic heterocycles. The second kappa shape index (κ2) is 10.6. The van der Waals surface area contributed by atoms with Crippen LogP contribution < -0.4 is 20.7 Å². The first kappa shape index (κ1) is 23.5. The van der Waals surface area contributed by atoms with Gasteiger partial charge in [-0.1, -0.05) is 18.2 Å². The fourth-order valence-electron chi connectivity index (χ4n) is 5.77. The third kappa shape index (κ3) is 5.37. The van der Waals surface area contributed by atoms with E-state index in [2.05, 4.69) is 27.2 Å². The molecule has 35 heavy (non-hydrogen) atoms. The second-order valence-electron chi connectivity index (χ2n) is 9.89. The number of piperazine rings is 1. The van der Waals surface area contributed by atoms with Crippen LogP contribution in [-0.2, 0) is 6.42 Å². The number of carbonyl (C=O) groups excluding carboxylic acids is 1. The maximum atomic E-state index is 11.6. The van der Waals surface area contributed by atoms with Crippen LogP contribution in [0.3, 0.4) is 0 Å². The molecule has 2 fully saturated rings. The Morgan fingerprint density at radius 2 is 1.74 bits per heavy atom. The van der Waals surface area contributed by atoms with Crippen molar-refractivity contribution in [1.82, 2.24) is 14.5 Å². The normalized spacial score (nSPS) is 21.2. The average Bonchev–Trinajstić information content (AvgIpc) is 3.22. The molecule has 2 amide bonds. The predicted octanol–water partition coefficient (Wildman–Crippen LogP) is 4.00. The van der Waals surface area contributed by atoms with E-state index in [9.17, 15) is 4.79 Å². The molecule has 8 nitrogen and oxygen atoms in total. The number of para-hydroxylation sites is 2. The van der Waals surface area contributed by atoms with Gasteiger partial charge in [0, 0.05) is 38.9 Å². The van der Waals surface area contributed by atoms with E-state index in [1.165, 1.54) is 37.9 Å². The standard InChI is InChI=1S/C27H36N6O2/c1-35-25-8-3-2-6-23(25)32-16-14-31(15-17-32)19-21-11-9-20(10-12-21)18-22-26(29-27(28)34)24-7-4-5-13-33(24)30-22/h2-8,13,20-21H,9-12,14-19H2,1H3,(H3,28,29,34). The van der Waals surface area contributed by atoms with Gasteiger partial charge < -0.3 is 20.7 Å². The lowest BCUT2D eigenvalue weighted by Crippen LogP contribution is -2.48. The Morgan fingerprint density at radius 1 is 1.03 bits per heavy atom. The molecule has 8 heteroatoms. The van der Waals surface area contributed by atoms with Crippen LogP contribution in [-0.4, -0.2) is 60.4 Å².